The molecule has 1 N–H and O–H groups in total. The van der Waals surface area contributed by atoms with Crippen molar-refractivity contribution in [3.8, 4) is 5.88 Å². The van der Waals surface area contributed by atoms with Gasteiger partial charge in [0.25, 0.3) is 0 Å². The predicted octanol–water partition coefficient (Wildman–Crippen LogP) is 5.39. The Bertz CT molecular complexity index is 1380. The maximum atomic E-state index is 15.4. The van der Waals surface area contributed by atoms with Crippen molar-refractivity contribution in [1.82, 2.24) is 9.88 Å². The summed E-state index contributed by atoms with van der Waals surface area (Å²) in [7, 11) is 2.13. The minimum atomic E-state index is -0.725. The summed E-state index contributed by atoms with van der Waals surface area (Å²) in [6.45, 7) is 7.37. The van der Waals surface area contributed by atoms with Gasteiger partial charge in [-0.1, -0.05) is 38.1 Å². The zero-order chi connectivity index (χ0) is 25.4. The molecule has 0 amide bonds. The molecule has 0 radical (unpaired) electrons. The molecule has 1 aliphatic heterocycles. The van der Waals surface area contributed by atoms with Crippen molar-refractivity contribution < 1.29 is 19.0 Å². The molecular weight excluding hydrogens is 455 g/mol. The molecule has 1 aromatic heterocycles. The standard InChI is InChI=1S/C30H31FN2O3/c1-16-7-5-6-8-19(16)28-20-10-18(24(31)12-23(20)30(2,3)15-33(28)4)14-36-25-11-17-9-21-26(22(17)13-32-25)27(21)29(34)35/h5-8,10-13,21,26-28H,9,14-15H2,1-4H3,(H,34,35)/t21-,26-,27+,28?/m1/s1. The van der Waals surface area contributed by atoms with Gasteiger partial charge in [-0.2, -0.15) is 0 Å². The molecule has 5 nitrogen and oxygen atoms in total. The van der Waals surface area contributed by atoms with Gasteiger partial charge >= 0.3 is 5.97 Å². The summed E-state index contributed by atoms with van der Waals surface area (Å²) < 4.78 is 21.3. The molecule has 2 aliphatic carbocycles. The van der Waals surface area contributed by atoms with E-state index in [1.54, 1.807) is 12.3 Å². The number of hydrogen-bond acceptors (Lipinski definition) is 4. The number of aryl methyl sites for hydroxylation is 1. The number of halogens is 1. The van der Waals surface area contributed by atoms with Crippen molar-refractivity contribution in [1.29, 1.82) is 0 Å². The van der Waals surface area contributed by atoms with E-state index in [4.69, 9.17) is 4.74 Å². The SMILES string of the molecule is Cc1ccccc1C1c2cc(COc3cc4c(cn3)[C@H]3[C@@H](C4)[C@@H]3C(=O)O)c(F)cc2C(C)(C)CN1C. The Morgan fingerprint density at radius 2 is 1.97 bits per heavy atom. The van der Waals surface area contributed by atoms with Crippen LogP contribution in [-0.2, 0) is 23.2 Å². The monoisotopic (exact) mass is 486 g/mol. The van der Waals surface area contributed by atoms with Crippen LogP contribution in [-0.4, -0.2) is 34.6 Å². The van der Waals surface area contributed by atoms with E-state index in [1.807, 2.05) is 18.2 Å². The van der Waals surface area contributed by atoms with Gasteiger partial charge in [0.15, 0.2) is 0 Å². The molecule has 1 unspecified atom stereocenters. The highest BCUT2D eigenvalue weighted by Crippen LogP contribution is 2.61. The van der Waals surface area contributed by atoms with Crippen molar-refractivity contribution in [2.75, 3.05) is 13.6 Å². The molecule has 1 fully saturated rings. The number of rotatable bonds is 5. The third-order valence-corrected chi connectivity index (χ3v) is 8.45. The van der Waals surface area contributed by atoms with Gasteiger partial charge in [0.2, 0.25) is 5.88 Å². The van der Waals surface area contributed by atoms with Crippen LogP contribution >= 0.6 is 0 Å². The minimum Gasteiger partial charge on any atom is -0.481 e. The number of aliphatic carboxylic acids is 1. The summed E-state index contributed by atoms with van der Waals surface area (Å²) in [6, 6.07) is 14.0. The van der Waals surface area contributed by atoms with Gasteiger partial charge in [-0.05, 0) is 71.8 Å². The number of carboxylic acids is 1. The molecule has 0 spiro atoms. The number of likely N-dealkylation sites (N-methyl/N-ethyl adjacent to an activating group) is 1. The van der Waals surface area contributed by atoms with Gasteiger partial charge in [0.05, 0.1) is 12.0 Å². The predicted molar refractivity (Wildman–Crippen MR) is 135 cm³/mol. The average molecular weight is 487 g/mol. The molecule has 0 saturated heterocycles. The summed E-state index contributed by atoms with van der Waals surface area (Å²) >= 11 is 0. The highest BCUT2D eigenvalue weighted by atomic mass is 19.1. The summed E-state index contributed by atoms with van der Waals surface area (Å²) in [5.74, 6) is -0.563. The van der Waals surface area contributed by atoms with Crippen LogP contribution < -0.4 is 4.74 Å². The lowest BCUT2D eigenvalue weighted by molar-refractivity contribution is -0.139. The van der Waals surface area contributed by atoms with E-state index < -0.39 is 5.97 Å². The first-order valence-electron chi connectivity index (χ1n) is 12.6. The molecule has 186 valence electrons. The smallest absolute Gasteiger partial charge is 0.307 e. The van der Waals surface area contributed by atoms with Crippen molar-refractivity contribution >= 4 is 5.97 Å². The lowest BCUT2D eigenvalue weighted by atomic mass is 9.73. The Hall–Kier alpha value is -3.25. The Balaban J connectivity index is 1.29. The number of hydrogen-bond donors (Lipinski definition) is 1. The Morgan fingerprint density at radius 3 is 2.72 bits per heavy atom. The molecule has 3 aromatic rings. The fraction of sp³-hybridized carbons (Fsp3) is 0.400. The molecule has 2 heterocycles. The van der Waals surface area contributed by atoms with Crippen LogP contribution in [0.5, 0.6) is 5.88 Å². The number of nitrogens with zero attached hydrogens (tertiary/aromatic N) is 2. The molecule has 6 heteroatoms. The first-order valence-corrected chi connectivity index (χ1v) is 12.6. The largest absolute Gasteiger partial charge is 0.481 e. The average Bonchev–Trinajstić information content (AvgIpc) is 3.41. The van der Waals surface area contributed by atoms with Crippen molar-refractivity contribution in [3.63, 3.8) is 0 Å². The number of ether oxygens (including phenoxy) is 1. The van der Waals surface area contributed by atoms with Crippen LogP contribution in [0.4, 0.5) is 4.39 Å². The molecule has 6 rings (SSSR count). The van der Waals surface area contributed by atoms with Gasteiger partial charge in [-0.3, -0.25) is 9.69 Å². The normalized spacial score (nSPS) is 25.6. The fourth-order valence-electron chi connectivity index (χ4n) is 6.73. The highest BCUT2D eigenvalue weighted by Gasteiger charge is 2.60. The minimum absolute atomic E-state index is 0.0422. The van der Waals surface area contributed by atoms with Gasteiger partial charge in [0, 0.05) is 35.7 Å². The Kier molecular flexibility index (Phi) is 5.23. The number of fused-ring (bicyclic) bond motifs is 4. The van der Waals surface area contributed by atoms with Gasteiger partial charge in [-0.15, -0.1) is 0 Å². The molecule has 2 aromatic carbocycles. The Labute approximate surface area is 210 Å². The fourth-order valence-corrected chi connectivity index (χ4v) is 6.73. The molecule has 36 heavy (non-hydrogen) atoms. The number of benzene rings is 2. The van der Waals surface area contributed by atoms with E-state index in [0.717, 1.165) is 35.2 Å². The highest BCUT2D eigenvalue weighted by molar-refractivity contribution is 5.77. The third-order valence-electron chi connectivity index (χ3n) is 8.45. The van der Waals surface area contributed by atoms with Crippen LogP contribution in [0.15, 0.2) is 48.7 Å². The second kappa shape index (κ2) is 8.13. The molecule has 1 saturated carbocycles. The van der Waals surface area contributed by atoms with E-state index in [0.29, 0.717) is 11.4 Å². The Morgan fingerprint density at radius 1 is 1.19 bits per heavy atom. The number of aromatic nitrogens is 1. The van der Waals surface area contributed by atoms with Gasteiger partial charge in [-0.25, -0.2) is 9.37 Å². The summed E-state index contributed by atoms with van der Waals surface area (Å²) in [5.41, 5.74) is 7.05. The summed E-state index contributed by atoms with van der Waals surface area (Å²) in [4.78, 5) is 18.1. The number of carbonyl (C=O) groups is 1. The lowest BCUT2D eigenvalue weighted by Crippen LogP contribution is -2.43. The first-order chi connectivity index (χ1) is 17.2. The summed E-state index contributed by atoms with van der Waals surface area (Å²) in [5, 5.41) is 9.33. The maximum absolute atomic E-state index is 15.4. The maximum Gasteiger partial charge on any atom is 0.307 e. The van der Waals surface area contributed by atoms with Crippen LogP contribution in [0.2, 0.25) is 0 Å². The molecule has 0 bridgehead atoms. The second-order valence-electron chi connectivity index (χ2n) is 11.4. The molecule has 3 aliphatic rings. The molecular formula is C30H31FN2O3. The van der Waals surface area contributed by atoms with Crippen molar-refractivity contribution in [2.24, 2.45) is 11.8 Å². The molecule has 4 atom stereocenters. The topological polar surface area (TPSA) is 62.7 Å². The number of pyridine rings is 1. The van der Waals surface area contributed by atoms with E-state index in [-0.39, 0.29) is 41.6 Å². The summed E-state index contributed by atoms with van der Waals surface area (Å²) in [6.07, 6.45) is 2.48. The van der Waals surface area contributed by atoms with Crippen LogP contribution in [0.3, 0.4) is 0 Å². The van der Waals surface area contributed by atoms with E-state index in [9.17, 15) is 9.90 Å². The van der Waals surface area contributed by atoms with Crippen molar-refractivity contribution in [2.45, 2.75) is 51.2 Å². The van der Waals surface area contributed by atoms with E-state index >= 15 is 4.39 Å². The van der Waals surface area contributed by atoms with Crippen LogP contribution in [0.25, 0.3) is 0 Å². The third kappa shape index (κ3) is 3.62. The quantitative estimate of drug-likeness (QED) is 0.524. The number of carboxylic acid groups (broad SMARTS) is 1. The van der Waals surface area contributed by atoms with Gasteiger partial charge < -0.3 is 9.84 Å². The van der Waals surface area contributed by atoms with E-state index in [2.05, 4.69) is 55.9 Å². The van der Waals surface area contributed by atoms with Crippen molar-refractivity contribution in [3.05, 3.63) is 93.4 Å². The second-order valence-corrected chi connectivity index (χ2v) is 11.4. The van der Waals surface area contributed by atoms with Gasteiger partial charge in [0.1, 0.15) is 12.4 Å². The first kappa shape index (κ1) is 23.2. The zero-order valence-electron chi connectivity index (χ0n) is 21.1. The zero-order valence-corrected chi connectivity index (χ0v) is 21.1. The van der Waals surface area contributed by atoms with Crippen LogP contribution in [0, 0.1) is 24.6 Å². The lowest BCUT2D eigenvalue weighted by Gasteiger charge is -2.44. The van der Waals surface area contributed by atoms with Crippen LogP contribution in [0.1, 0.15) is 64.8 Å². The van der Waals surface area contributed by atoms with E-state index in [1.165, 1.54) is 11.1 Å².